The van der Waals surface area contributed by atoms with Crippen LogP contribution < -0.4 is 5.32 Å². The number of hydrogen-bond donors (Lipinski definition) is 1. The molecule has 0 spiro atoms. The van der Waals surface area contributed by atoms with Crippen LogP contribution in [-0.4, -0.2) is 21.4 Å². The fraction of sp³-hybridized carbons (Fsp3) is 0.167. The maximum atomic E-state index is 12.9. The summed E-state index contributed by atoms with van der Waals surface area (Å²) >= 11 is 1.19. The Hall–Kier alpha value is -2.67. The molecule has 0 aliphatic rings. The van der Waals surface area contributed by atoms with Crippen molar-refractivity contribution in [3.05, 3.63) is 66.0 Å². The summed E-state index contributed by atoms with van der Waals surface area (Å²) in [5, 5.41) is 10.7. The number of amides is 1. The molecule has 1 aromatic heterocycles. The second kappa shape index (κ2) is 7.94. The lowest BCUT2D eigenvalue weighted by Gasteiger charge is -2.09. The van der Waals surface area contributed by atoms with Crippen molar-refractivity contribution in [2.24, 2.45) is 0 Å². The third-order valence-electron chi connectivity index (χ3n) is 3.45. The van der Waals surface area contributed by atoms with Crippen molar-refractivity contribution in [1.82, 2.24) is 15.5 Å². The molecule has 0 aliphatic heterocycles. The van der Waals surface area contributed by atoms with Crippen LogP contribution in [0.25, 0.3) is 11.5 Å². The molecule has 2 aromatic carbocycles. The maximum absolute atomic E-state index is 12.9. The van der Waals surface area contributed by atoms with Gasteiger partial charge < -0.3 is 9.73 Å². The molecule has 1 N–H and O–H groups in total. The van der Waals surface area contributed by atoms with Crippen molar-refractivity contribution < 1.29 is 13.6 Å². The first-order valence-electron chi connectivity index (χ1n) is 7.69. The maximum Gasteiger partial charge on any atom is 0.277 e. The fourth-order valence-corrected chi connectivity index (χ4v) is 2.80. The molecule has 0 radical (unpaired) electrons. The van der Waals surface area contributed by atoms with Gasteiger partial charge in [0.05, 0.1) is 5.25 Å². The van der Waals surface area contributed by atoms with Crippen molar-refractivity contribution in [3.63, 3.8) is 0 Å². The molecule has 128 valence electrons. The van der Waals surface area contributed by atoms with Gasteiger partial charge in [-0.05, 0) is 36.8 Å². The summed E-state index contributed by atoms with van der Waals surface area (Å²) in [6.07, 6.45) is 0. The van der Waals surface area contributed by atoms with E-state index in [1.54, 1.807) is 19.1 Å². The molecule has 3 aromatic rings. The zero-order chi connectivity index (χ0) is 17.6. The molecule has 0 aliphatic carbocycles. The van der Waals surface area contributed by atoms with Crippen molar-refractivity contribution in [3.8, 4) is 11.5 Å². The number of thioether (sulfide) groups is 1. The second-order valence-electron chi connectivity index (χ2n) is 5.34. The minimum absolute atomic E-state index is 0.159. The average molecular weight is 357 g/mol. The lowest BCUT2D eigenvalue weighted by atomic mass is 10.2. The third-order valence-corrected chi connectivity index (χ3v) is 4.39. The fourth-order valence-electron chi connectivity index (χ4n) is 2.09. The molecular weight excluding hydrogens is 341 g/mol. The van der Waals surface area contributed by atoms with E-state index in [0.29, 0.717) is 17.7 Å². The number of carbonyl (C=O) groups is 1. The lowest BCUT2D eigenvalue weighted by molar-refractivity contribution is -0.120. The van der Waals surface area contributed by atoms with Crippen LogP contribution in [0.1, 0.15) is 12.5 Å². The van der Waals surface area contributed by atoms with Crippen LogP contribution in [0.3, 0.4) is 0 Å². The molecule has 25 heavy (non-hydrogen) atoms. The van der Waals surface area contributed by atoms with Gasteiger partial charge in [0.15, 0.2) is 0 Å². The lowest BCUT2D eigenvalue weighted by Crippen LogP contribution is -2.30. The monoisotopic (exact) mass is 357 g/mol. The molecule has 3 rings (SSSR count). The van der Waals surface area contributed by atoms with Gasteiger partial charge in [0.1, 0.15) is 5.82 Å². The van der Waals surface area contributed by atoms with Crippen molar-refractivity contribution in [1.29, 1.82) is 0 Å². The SMILES string of the molecule is C[C@@H](Sc1nnc(-c2ccccc2)o1)C(=O)NCc1ccc(F)cc1. The Bertz CT molecular complexity index is 837. The van der Waals surface area contributed by atoms with Gasteiger partial charge in [0.2, 0.25) is 11.8 Å². The molecule has 5 nitrogen and oxygen atoms in total. The number of nitrogens with zero attached hydrogens (tertiary/aromatic N) is 2. The summed E-state index contributed by atoms with van der Waals surface area (Å²) in [6.45, 7) is 2.10. The van der Waals surface area contributed by atoms with E-state index in [2.05, 4.69) is 15.5 Å². The molecule has 0 bridgehead atoms. The Morgan fingerprint density at radius 1 is 1.16 bits per heavy atom. The number of halogens is 1. The molecule has 0 fully saturated rings. The van der Waals surface area contributed by atoms with Crippen LogP contribution in [0.15, 0.2) is 64.2 Å². The van der Waals surface area contributed by atoms with E-state index in [-0.39, 0.29) is 11.7 Å². The first kappa shape index (κ1) is 17.2. The molecular formula is C18H16FN3O2S. The van der Waals surface area contributed by atoms with Crippen LogP contribution in [0, 0.1) is 5.82 Å². The number of carbonyl (C=O) groups excluding carboxylic acids is 1. The predicted octanol–water partition coefficient (Wildman–Crippen LogP) is 3.67. The summed E-state index contributed by atoms with van der Waals surface area (Å²) < 4.78 is 18.5. The summed E-state index contributed by atoms with van der Waals surface area (Å²) in [5.41, 5.74) is 1.66. The Kier molecular flexibility index (Phi) is 5.45. The highest BCUT2D eigenvalue weighted by Crippen LogP contribution is 2.26. The standard InChI is InChI=1S/C18H16FN3O2S/c1-12(16(23)20-11-13-7-9-15(19)10-8-13)25-18-22-21-17(24-18)14-5-3-2-4-6-14/h2-10,12H,11H2,1H3,(H,20,23)/t12-/m1/s1. The topological polar surface area (TPSA) is 68.0 Å². The van der Waals surface area contributed by atoms with E-state index in [4.69, 9.17) is 4.42 Å². The second-order valence-corrected chi connectivity index (χ2v) is 6.64. The van der Waals surface area contributed by atoms with Crippen LogP contribution in [0.2, 0.25) is 0 Å². The Labute approximate surface area is 148 Å². The van der Waals surface area contributed by atoms with Crippen molar-refractivity contribution in [2.75, 3.05) is 0 Å². The van der Waals surface area contributed by atoms with E-state index in [9.17, 15) is 9.18 Å². The smallest absolute Gasteiger partial charge is 0.277 e. The van der Waals surface area contributed by atoms with Crippen LogP contribution >= 0.6 is 11.8 Å². The first-order chi connectivity index (χ1) is 12.1. The number of hydrogen-bond acceptors (Lipinski definition) is 5. The Morgan fingerprint density at radius 2 is 1.88 bits per heavy atom. The highest BCUT2D eigenvalue weighted by molar-refractivity contribution is 8.00. The van der Waals surface area contributed by atoms with Gasteiger partial charge in [-0.3, -0.25) is 4.79 Å². The molecule has 1 heterocycles. The summed E-state index contributed by atoms with van der Waals surface area (Å²) in [7, 11) is 0. The van der Waals surface area contributed by atoms with Gasteiger partial charge in [-0.25, -0.2) is 4.39 Å². The van der Waals surface area contributed by atoms with E-state index in [0.717, 1.165) is 11.1 Å². The van der Waals surface area contributed by atoms with Gasteiger partial charge in [-0.2, -0.15) is 0 Å². The van der Waals surface area contributed by atoms with E-state index in [1.165, 1.54) is 23.9 Å². The van der Waals surface area contributed by atoms with E-state index < -0.39 is 5.25 Å². The Morgan fingerprint density at radius 3 is 2.60 bits per heavy atom. The van der Waals surface area contributed by atoms with Crippen molar-refractivity contribution >= 4 is 17.7 Å². The van der Waals surface area contributed by atoms with Gasteiger partial charge in [-0.1, -0.05) is 42.1 Å². The van der Waals surface area contributed by atoms with Gasteiger partial charge in [0.25, 0.3) is 5.22 Å². The Balaban J connectivity index is 1.54. The van der Waals surface area contributed by atoms with Gasteiger partial charge in [0, 0.05) is 12.1 Å². The minimum atomic E-state index is -0.399. The third kappa shape index (κ3) is 4.67. The number of rotatable bonds is 6. The highest BCUT2D eigenvalue weighted by atomic mass is 32.2. The number of benzene rings is 2. The quantitative estimate of drug-likeness (QED) is 0.682. The van der Waals surface area contributed by atoms with Gasteiger partial charge >= 0.3 is 0 Å². The molecule has 0 saturated carbocycles. The molecule has 1 atom stereocenters. The van der Waals surface area contributed by atoms with E-state index >= 15 is 0 Å². The number of aromatic nitrogens is 2. The highest BCUT2D eigenvalue weighted by Gasteiger charge is 2.18. The van der Waals surface area contributed by atoms with Crippen LogP contribution in [-0.2, 0) is 11.3 Å². The summed E-state index contributed by atoms with van der Waals surface area (Å²) in [5.74, 6) is -0.0413. The molecule has 0 saturated heterocycles. The predicted molar refractivity (Wildman–Crippen MR) is 93.3 cm³/mol. The summed E-state index contributed by atoms with van der Waals surface area (Å²) in [6, 6.07) is 15.4. The normalized spacial score (nSPS) is 11.9. The zero-order valence-corrected chi connectivity index (χ0v) is 14.3. The van der Waals surface area contributed by atoms with Crippen LogP contribution in [0.4, 0.5) is 4.39 Å². The minimum Gasteiger partial charge on any atom is -0.411 e. The van der Waals surface area contributed by atoms with Crippen LogP contribution in [0.5, 0.6) is 0 Å². The van der Waals surface area contributed by atoms with E-state index in [1.807, 2.05) is 30.3 Å². The largest absolute Gasteiger partial charge is 0.411 e. The molecule has 1 amide bonds. The molecule has 0 unspecified atom stereocenters. The van der Waals surface area contributed by atoms with Gasteiger partial charge in [-0.15, -0.1) is 10.2 Å². The molecule has 7 heteroatoms. The van der Waals surface area contributed by atoms with Crippen molar-refractivity contribution in [2.45, 2.75) is 23.9 Å². The average Bonchev–Trinajstić information content (AvgIpc) is 3.10. The zero-order valence-electron chi connectivity index (χ0n) is 13.5. The first-order valence-corrected chi connectivity index (χ1v) is 8.57. The number of nitrogens with one attached hydrogen (secondary N) is 1. The summed E-state index contributed by atoms with van der Waals surface area (Å²) in [4.78, 5) is 12.2.